The van der Waals surface area contributed by atoms with Gasteiger partial charge in [-0.15, -0.1) is 0 Å². The Morgan fingerprint density at radius 1 is 1.33 bits per heavy atom. The molecule has 0 aliphatic carbocycles. The maximum Gasteiger partial charge on any atom is 0.211 e. The molecule has 0 amide bonds. The minimum Gasteiger partial charge on any atom is -0.385 e. The van der Waals surface area contributed by atoms with Gasteiger partial charge in [0.05, 0.1) is 5.75 Å². The molecule has 0 saturated heterocycles. The molecule has 1 unspecified atom stereocenters. The maximum atomic E-state index is 11.1. The summed E-state index contributed by atoms with van der Waals surface area (Å²) in [5, 5.41) is 3.21. The van der Waals surface area contributed by atoms with E-state index in [1.165, 1.54) is 0 Å². The third kappa shape index (κ3) is 8.80. The van der Waals surface area contributed by atoms with Crippen LogP contribution in [0.2, 0.25) is 0 Å². The van der Waals surface area contributed by atoms with Gasteiger partial charge in [0, 0.05) is 32.8 Å². The fourth-order valence-corrected chi connectivity index (χ4v) is 1.64. The third-order valence-electron chi connectivity index (χ3n) is 2.07. The van der Waals surface area contributed by atoms with Crippen LogP contribution in [0.3, 0.4) is 0 Å². The Kier molecular flexibility index (Phi) is 7.95. The van der Waals surface area contributed by atoms with Crippen LogP contribution in [0.15, 0.2) is 0 Å². The largest absolute Gasteiger partial charge is 0.385 e. The second kappa shape index (κ2) is 8.04. The molecule has 0 aliphatic heterocycles. The Hall–Kier alpha value is -0.170. The molecule has 0 spiro atoms. The number of hydrogen-bond donors (Lipinski definition) is 2. The van der Waals surface area contributed by atoms with Gasteiger partial charge >= 0.3 is 0 Å². The highest BCUT2D eigenvalue weighted by Gasteiger charge is 2.05. The van der Waals surface area contributed by atoms with Crippen LogP contribution >= 0.6 is 0 Å². The quantitative estimate of drug-likeness (QED) is 0.552. The molecule has 15 heavy (non-hydrogen) atoms. The van der Waals surface area contributed by atoms with Crippen molar-refractivity contribution in [3.8, 4) is 0 Å². The first-order valence-corrected chi connectivity index (χ1v) is 6.86. The highest BCUT2D eigenvalue weighted by atomic mass is 32.2. The van der Waals surface area contributed by atoms with Crippen molar-refractivity contribution in [3.05, 3.63) is 0 Å². The number of rotatable bonds is 9. The van der Waals surface area contributed by atoms with Crippen molar-refractivity contribution < 1.29 is 13.2 Å². The zero-order valence-electron chi connectivity index (χ0n) is 9.75. The summed E-state index contributed by atoms with van der Waals surface area (Å²) in [6.45, 7) is 5.47. The first kappa shape index (κ1) is 14.8. The molecule has 0 rings (SSSR count). The van der Waals surface area contributed by atoms with Crippen LogP contribution in [-0.4, -0.2) is 47.0 Å². The van der Waals surface area contributed by atoms with E-state index in [4.69, 9.17) is 4.74 Å². The molecule has 0 saturated carbocycles. The lowest BCUT2D eigenvalue weighted by Gasteiger charge is -2.13. The Morgan fingerprint density at radius 2 is 2.00 bits per heavy atom. The van der Waals surface area contributed by atoms with Crippen LogP contribution in [0.25, 0.3) is 0 Å². The second-order valence-corrected chi connectivity index (χ2v) is 5.53. The van der Waals surface area contributed by atoms with Crippen LogP contribution in [0.4, 0.5) is 0 Å². The average Bonchev–Trinajstić information content (AvgIpc) is 2.21. The zero-order chi connectivity index (χ0) is 11.7. The Labute approximate surface area is 92.6 Å². The van der Waals surface area contributed by atoms with Gasteiger partial charge in [-0.25, -0.2) is 13.1 Å². The number of methoxy groups -OCH3 is 1. The molecule has 0 aromatic carbocycles. The monoisotopic (exact) mass is 238 g/mol. The van der Waals surface area contributed by atoms with E-state index in [1.54, 1.807) is 14.0 Å². The van der Waals surface area contributed by atoms with Gasteiger partial charge < -0.3 is 10.1 Å². The van der Waals surface area contributed by atoms with Crippen molar-refractivity contribution in [2.45, 2.75) is 26.3 Å². The Morgan fingerprint density at radius 3 is 2.53 bits per heavy atom. The van der Waals surface area contributed by atoms with Crippen molar-refractivity contribution >= 4 is 10.0 Å². The summed E-state index contributed by atoms with van der Waals surface area (Å²) >= 11 is 0. The minimum absolute atomic E-state index is 0.131. The van der Waals surface area contributed by atoms with Gasteiger partial charge in [-0.05, 0) is 20.3 Å². The molecule has 0 fully saturated rings. The van der Waals surface area contributed by atoms with Crippen LogP contribution < -0.4 is 10.0 Å². The summed E-state index contributed by atoms with van der Waals surface area (Å²) in [6, 6.07) is 0.344. The van der Waals surface area contributed by atoms with E-state index in [1.807, 2.05) is 6.92 Å². The first-order valence-electron chi connectivity index (χ1n) is 5.21. The average molecular weight is 238 g/mol. The lowest BCUT2D eigenvalue weighted by atomic mass is 10.2. The molecule has 2 N–H and O–H groups in total. The predicted octanol–water partition coefficient (Wildman–Crippen LogP) is -0.0597. The fourth-order valence-electron chi connectivity index (χ4n) is 1.02. The topological polar surface area (TPSA) is 67.4 Å². The minimum atomic E-state index is -3.05. The third-order valence-corrected chi connectivity index (χ3v) is 3.48. The summed E-state index contributed by atoms with van der Waals surface area (Å²) in [7, 11) is -1.38. The smallest absolute Gasteiger partial charge is 0.211 e. The molecule has 6 heteroatoms. The van der Waals surface area contributed by atoms with Crippen LogP contribution in [0.5, 0.6) is 0 Å². The van der Waals surface area contributed by atoms with E-state index in [-0.39, 0.29) is 5.75 Å². The highest BCUT2D eigenvalue weighted by Crippen LogP contribution is 1.89. The SMILES string of the molecule is CCS(=O)(=O)NCCNC(C)CCOC. The Bertz CT molecular complexity index is 242. The number of sulfonamides is 1. The van der Waals surface area contributed by atoms with E-state index < -0.39 is 10.0 Å². The molecule has 0 aliphatic rings. The highest BCUT2D eigenvalue weighted by molar-refractivity contribution is 7.89. The molecular weight excluding hydrogens is 216 g/mol. The van der Waals surface area contributed by atoms with Gasteiger partial charge in [-0.2, -0.15) is 0 Å². The van der Waals surface area contributed by atoms with Crippen LogP contribution in [0.1, 0.15) is 20.3 Å². The van der Waals surface area contributed by atoms with Crippen molar-refractivity contribution in [1.29, 1.82) is 0 Å². The van der Waals surface area contributed by atoms with Crippen molar-refractivity contribution in [2.75, 3.05) is 32.6 Å². The molecule has 92 valence electrons. The van der Waals surface area contributed by atoms with Crippen molar-refractivity contribution in [1.82, 2.24) is 10.0 Å². The maximum absolute atomic E-state index is 11.1. The summed E-state index contributed by atoms with van der Waals surface area (Å²) < 4.78 is 29.6. The lowest BCUT2D eigenvalue weighted by molar-refractivity contribution is 0.185. The lowest BCUT2D eigenvalue weighted by Crippen LogP contribution is -2.36. The molecular formula is C9H22N2O3S. The second-order valence-electron chi connectivity index (χ2n) is 3.43. The van der Waals surface area contributed by atoms with E-state index in [2.05, 4.69) is 10.0 Å². The molecule has 0 bridgehead atoms. The normalized spacial score (nSPS) is 14.1. The van der Waals surface area contributed by atoms with Gasteiger partial charge in [0.15, 0.2) is 0 Å². The standard InChI is InChI=1S/C9H22N2O3S/c1-4-15(12,13)11-7-6-10-9(2)5-8-14-3/h9-11H,4-8H2,1-3H3. The molecule has 0 heterocycles. The van der Waals surface area contributed by atoms with E-state index in [0.29, 0.717) is 19.1 Å². The van der Waals surface area contributed by atoms with E-state index >= 15 is 0 Å². The first-order chi connectivity index (χ1) is 7.02. The summed E-state index contributed by atoms with van der Waals surface area (Å²) in [5.74, 6) is 0.131. The van der Waals surface area contributed by atoms with E-state index in [9.17, 15) is 8.42 Å². The van der Waals surface area contributed by atoms with Crippen LogP contribution in [-0.2, 0) is 14.8 Å². The molecule has 0 radical (unpaired) electrons. The zero-order valence-corrected chi connectivity index (χ0v) is 10.6. The van der Waals surface area contributed by atoms with Gasteiger partial charge in [0.1, 0.15) is 0 Å². The summed E-state index contributed by atoms with van der Waals surface area (Å²) in [5.41, 5.74) is 0. The predicted molar refractivity (Wildman–Crippen MR) is 61.4 cm³/mol. The number of hydrogen-bond acceptors (Lipinski definition) is 4. The van der Waals surface area contributed by atoms with E-state index in [0.717, 1.165) is 13.0 Å². The number of ether oxygens (including phenoxy) is 1. The van der Waals surface area contributed by atoms with Gasteiger partial charge in [-0.3, -0.25) is 0 Å². The molecule has 0 aromatic rings. The van der Waals surface area contributed by atoms with Gasteiger partial charge in [0.2, 0.25) is 10.0 Å². The molecule has 5 nitrogen and oxygen atoms in total. The van der Waals surface area contributed by atoms with Crippen molar-refractivity contribution in [3.63, 3.8) is 0 Å². The molecule has 1 atom stereocenters. The van der Waals surface area contributed by atoms with Gasteiger partial charge in [-0.1, -0.05) is 0 Å². The summed E-state index contributed by atoms with van der Waals surface area (Å²) in [6.07, 6.45) is 0.928. The summed E-state index contributed by atoms with van der Waals surface area (Å²) in [4.78, 5) is 0. The molecule has 0 aromatic heterocycles. The Balaban J connectivity index is 3.46. The van der Waals surface area contributed by atoms with Crippen molar-refractivity contribution in [2.24, 2.45) is 0 Å². The van der Waals surface area contributed by atoms with Crippen LogP contribution in [0, 0.1) is 0 Å². The fraction of sp³-hybridized carbons (Fsp3) is 1.00. The number of nitrogens with one attached hydrogen (secondary N) is 2. The van der Waals surface area contributed by atoms with Gasteiger partial charge in [0.25, 0.3) is 0 Å².